The monoisotopic (exact) mass is 331 g/mol. The molecule has 1 fully saturated rings. The van der Waals surface area contributed by atoms with Crippen molar-refractivity contribution in [1.29, 1.82) is 0 Å². The van der Waals surface area contributed by atoms with Crippen LogP contribution in [0.25, 0.3) is 0 Å². The molecule has 6 heteroatoms. The van der Waals surface area contributed by atoms with Crippen LogP contribution in [0.15, 0.2) is 24.3 Å². The first-order chi connectivity index (χ1) is 11.0. The Morgan fingerprint density at radius 3 is 2.52 bits per heavy atom. The summed E-state index contributed by atoms with van der Waals surface area (Å²) in [5.41, 5.74) is 3.06. The summed E-state index contributed by atoms with van der Waals surface area (Å²) in [4.78, 5) is 13.8. The van der Waals surface area contributed by atoms with Crippen LogP contribution in [0.5, 0.6) is 0 Å². The Bertz CT molecular complexity index is 695. The average Bonchev–Trinajstić information content (AvgIpc) is 2.51. The van der Waals surface area contributed by atoms with E-state index in [-0.39, 0.29) is 0 Å². The molecule has 2 aromatic rings. The van der Waals surface area contributed by atoms with E-state index in [1.165, 1.54) is 0 Å². The van der Waals surface area contributed by atoms with Crippen molar-refractivity contribution in [2.75, 3.05) is 43.4 Å². The zero-order valence-electron chi connectivity index (χ0n) is 13.8. The molecule has 0 unspecified atom stereocenters. The first-order valence-electron chi connectivity index (χ1n) is 7.83. The first-order valence-corrected chi connectivity index (χ1v) is 8.21. The molecule has 0 atom stereocenters. The second-order valence-corrected chi connectivity index (χ2v) is 6.51. The van der Waals surface area contributed by atoms with Crippen molar-refractivity contribution in [3.63, 3.8) is 0 Å². The summed E-state index contributed by atoms with van der Waals surface area (Å²) in [6.07, 6.45) is 0. The quantitative estimate of drug-likeness (QED) is 0.935. The van der Waals surface area contributed by atoms with E-state index in [1.807, 2.05) is 38.1 Å². The number of nitrogens with zero attached hydrogens (tertiary/aromatic N) is 4. The molecule has 2 heterocycles. The van der Waals surface area contributed by atoms with Crippen LogP contribution < -0.4 is 10.2 Å². The second kappa shape index (κ2) is 6.72. The van der Waals surface area contributed by atoms with Gasteiger partial charge in [0.25, 0.3) is 0 Å². The number of halogens is 1. The highest BCUT2D eigenvalue weighted by Crippen LogP contribution is 2.24. The summed E-state index contributed by atoms with van der Waals surface area (Å²) in [6.45, 7) is 8.03. The van der Waals surface area contributed by atoms with Gasteiger partial charge in [-0.1, -0.05) is 17.7 Å². The van der Waals surface area contributed by atoms with Crippen LogP contribution >= 0.6 is 11.6 Å². The summed E-state index contributed by atoms with van der Waals surface area (Å²) < 4.78 is 0. The Morgan fingerprint density at radius 1 is 1.04 bits per heavy atom. The lowest BCUT2D eigenvalue weighted by molar-refractivity contribution is 0.311. The van der Waals surface area contributed by atoms with Gasteiger partial charge in [-0.05, 0) is 38.6 Å². The minimum Gasteiger partial charge on any atom is -0.340 e. The topological polar surface area (TPSA) is 44.3 Å². The third kappa shape index (κ3) is 3.92. The highest BCUT2D eigenvalue weighted by atomic mass is 35.5. The summed E-state index contributed by atoms with van der Waals surface area (Å²) in [5, 5.41) is 4.08. The Hall–Kier alpha value is -1.85. The Balaban J connectivity index is 1.84. The van der Waals surface area contributed by atoms with Crippen molar-refractivity contribution in [3.05, 3.63) is 40.5 Å². The molecular weight excluding hydrogens is 310 g/mol. The molecule has 122 valence electrons. The molecule has 1 aliphatic rings. The molecule has 1 saturated heterocycles. The fourth-order valence-electron chi connectivity index (χ4n) is 2.63. The van der Waals surface area contributed by atoms with Crippen LogP contribution in [0, 0.1) is 13.8 Å². The summed E-state index contributed by atoms with van der Waals surface area (Å²) in [5.74, 6) is 1.59. The molecule has 0 spiro atoms. The third-order valence-electron chi connectivity index (χ3n) is 4.09. The minimum absolute atomic E-state index is 0.711. The number of rotatable bonds is 3. The number of hydrogen-bond donors (Lipinski definition) is 1. The van der Waals surface area contributed by atoms with Crippen LogP contribution in [0.3, 0.4) is 0 Å². The van der Waals surface area contributed by atoms with E-state index >= 15 is 0 Å². The van der Waals surface area contributed by atoms with Crippen molar-refractivity contribution < 1.29 is 0 Å². The van der Waals surface area contributed by atoms with E-state index in [2.05, 4.69) is 27.1 Å². The van der Waals surface area contributed by atoms with Gasteiger partial charge in [-0.3, -0.25) is 0 Å². The van der Waals surface area contributed by atoms with E-state index in [0.29, 0.717) is 5.02 Å². The lowest BCUT2D eigenvalue weighted by atomic mass is 10.2. The molecule has 0 radical (unpaired) electrons. The van der Waals surface area contributed by atoms with E-state index in [1.54, 1.807) is 0 Å². The van der Waals surface area contributed by atoms with Crippen molar-refractivity contribution in [2.24, 2.45) is 0 Å². The highest BCUT2D eigenvalue weighted by molar-refractivity contribution is 6.30. The van der Waals surface area contributed by atoms with Crippen LogP contribution in [0.2, 0.25) is 5.02 Å². The summed E-state index contributed by atoms with van der Waals surface area (Å²) in [7, 11) is 2.14. The van der Waals surface area contributed by atoms with Gasteiger partial charge in [-0.15, -0.1) is 0 Å². The van der Waals surface area contributed by atoms with Gasteiger partial charge < -0.3 is 15.1 Å². The smallest absolute Gasteiger partial charge is 0.227 e. The minimum atomic E-state index is 0.711. The van der Waals surface area contributed by atoms with E-state index < -0.39 is 0 Å². The van der Waals surface area contributed by atoms with Gasteiger partial charge in [0, 0.05) is 48.6 Å². The van der Waals surface area contributed by atoms with Gasteiger partial charge in [-0.2, -0.15) is 4.98 Å². The number of anilines is 3. The number of aromatic nitrogens is 2. The normalized spacial score (nSPS) is 15.7. The van der Waals surface area contributed by atoms with Crippen LogP contribution in [-0.2, 0) is 0 Å². The summed E-state index contributed by atoms with van der Waals surface area (Å²) in [6, 6.07) is 7.77. The lowest BCUT2D eigenvalue weighted by Gasteiger charge is -2.32. The molecule has 5 nitrogen and oxygen atoms in total. The molecule has 1 N–H and O–H groups in total. The fourth-order valence-corrected chi connectivity index (χ4v) is 2.80. The zero-order chi connectivity index (χ0) is 16.4. The molecule has 1 aliphatic heterocycles. The van der Waals surface area contributed by atoms with Crippen molar-refractivity contribution in [2.45, 2.75) is 13.8 Å². The lowest BCUT2D eigenvalue weighted by Crippen LogP contribution is -2.45. The van der Waals surface area contributed by atoms with Crippen LogP contribution in [0.4, 0.5) is 17.5 Å². The van der Waals surface area contributed by atoms with E-state index in [4.69, 9.17) is 16.6 Å². The Labute approximate surface area is 142 Å². The molecule has 23 heavy (non-hydrogen) atoms. The zero-order valence-corrected chi connectivity index (χ0v) is 14.6. The van der Waals surface area contributed by atoms with Crippen LogP contribution in [0.1, 0.15) is 11.3 Å². The number of hydrogen-bond acceptors (Lipinski definition) is 5. The predicted molar refractivity (Wildman–Crippen MR) is 96.0 cm³/mol. The van der Waals surface area contributed by atoms with Gasteiger partial charge in [0.15, 0.2) is 0 Å². The molecule has 0 amide bonds. The van der Waals surface area contributed by atoms with Gasteiger partial charge in [0.05, 0.1) is 0 Å². The van der Waals surface area contributed by atoms with Crippen molar-refractivity contribution >= 4 is 29.1 Å². The van der Waals surface area contributed by atoms with Gasteiger partial charge >= 0.3 is 0 Å². The third-order valence-corrected chi connectivity index (χ3v) is 4.33. The van der Waals surface area contributed by atoms with Gasteiger partial charge in [0.1, 0.15) is 5.82 Å². The maximum absolute atomic E-state index is 6.10. The highest BCUT2D eigenvalue weighted by Gasteiger charge is 2.17. The molecule has 1 aromatic heterocycles. The van der Waals surface area contributed by atoms with Gasteiger partial charge in [-0.25, -0.2) is 4.98 Å². The number of piperazine rings is 1. The van der Waals surface area contributed by atoms with Gasteiger partial charge in [0.2, 0.25) is 5.95 Å². The predicted octanol–water partition coefficient (Wildman–Crippen LogP) is 3.24. The fraction of sp³-hybridized carbons (Fsp3) is 0.412. The Morgan fingerprint density at radius 2 is 1.78 bits per heavy atom. The van der Waals surface area contributed by atoms with Crippen LogP contribution in [-0.4, -0.2) is 48.1 Å². The van der Waals surface area contributed by atoms with Crippen molar-refractivity contribution in [1.82, 2.24) is 14.9 Å². The largest absolute Gasteiger partial charge is 0.340 e. The first kappa shape index (κ1) is 16.0. The number of aryl methyl sites for hydroxylation is 2. The van der Waals surface area contributed by atoms with E-state index in [0.717, 1.165) is 54.9 Å². The number of likely N-dealkylation sites (N-methyl/N-ethyl adjacent to an activating group) is 1. The molecule has 0 aliphatic carbocycles. The maximum atomic E-state index is 6.10. The Kier molecular flexibility index (Phi) is 4.68. The van der Waals surface area contributed by atoms with Crippen molar-refractivity contribution in [3.8, 4) is 0 Å². The maximum Gasteiger partial charge on any atom is 0.227 e. The number of benzene rings is 1. The SMILES string of the molecule is Cc1cc(Nc2cc(Cl)ccc2C)nc(N2CCN(C)CC2)n1. The molecular formula is C17H22ClN5. The average molecular weight is 332 g/mol. The second-order valence-electron chi connectivity index (χ2n) is 6.07. The molecule has 3 rings (SSSR count). The van der Waals surface area contributed by atoms with E-state index in [9.17, 15) is 0 Å². The number of nitrogens with one attached hydrogen (secondary N) is 1. The summed E-state index contributed by atoms with van der Waals surface area (Å²) >= 11 is 6.10. The standard InChI is InChI=1S/C17H22ClN5/c1-12-4-5-14(18)11-15(12)20-16-10-13(2)19-17(21-16)23-8-6-22(3)7-9-23/h4-5,10-11H,6-9H2,1-3H3,(H,19,20,21). The molecule has 0 bridgehead atoms. The molecule has 0 saturated carbocycles. The molecule has 1 aromatic carbocycles.